The average molecular weight is 539 g/mol. The Balaban J connectivity index is 1.78. The van der Waals surface area contributed by atoms with Gasteiger partial charge in [0.2, 0.25) is 10.0 Å². The lowest BCUT2D eigenvalue weighted by Crippen LogP contribution is -2.39. The van der Waals surface area contributed by atoms with Gasteiger partial charge in [-0.05, 0) is 59.7 Å². The summed E-state index contributed by atoms with van der Waals surface area (Å²) in [4.78, 5) is 12.5. The number of carbonyl (C=O) groups excluding carboxylic acids is 1. The number of hydrogen-bond acceptors (Lipinski definition) is 4. The summed E-state index contributed by atoms with van der Waals surface area (Å²) in [6, 6.07) is 18.3. The maximum Gasteiger partial charge on any atom is 0.255 e. The molecular weight excluding hydrogens is 521 g/mol. The standard InChI is InChI=1S/C22H18BrClFN3O3S/c23-18-5-11-21(12-6-18)32(30,31)28(14-17-1-7-19(24)8-2-17)15-22(29)27-26-13-16-3-9-20(25)10-4-16/h1-13H,14-15H2,(H,27,29)/b26-13-. The van der Waals surface area contributed by atoms with Crippen molar-refractivity contribution in [3.8, 4) is 0 Å². The van der Waals surface area contributed by atoms with Crippen molar-refractivity contribution in [1.82, 2.24) is 9.73 Å². The zero-order valence-corrected chi connectivity index (χ0v) is 19.7. The second kappa shape index (κ2) is 10.8. The minimum atomic E-state index is -3.98. The summed E-state index contributed by atoms with van der Waals surface area (Å²) >= 11 is 9.19. The average Bonchev–Trinajstić information content (AvgIpc) is 2.76. The Bertz CT molecular complexity index is 1200. The van der Waals surface area contributed by atoms with Crippen molar-refractivity contribution in [2.45, 2.75) is 11.4 Å². The number of benzene rings is 3. The van der Waals surface area contributed by atoms with Crippen LogP contribution >= 0.6 is 27.5 Å². The minimum Gasteiger partial charge on any atom is -0.272 e. The Morgan fingerprint density at radius 2 is 1.66 bits per heavy atom. The van der Waals surface area contributed by atoms with Crippen LogP contribution in [0.1, 0.15) is 11.1 Å². The lowest BCUT2D eigenvalue weighted by molar-refractivity contribution is -0.121. The first kappa shape index (κ1) is 24.1. The fraction of sp³-hybridized carbons (Fsp3) is 0.0909. The highest BCUT2D eigenvalue weighted by molar-refractivity contribution is 9.10. The molecule has 6 nitrogen and oxygen atoms in total. The molecular formula is C22H18BrClFN3O3S. The van der Waals surface area contributed by atoms with Crippen LogP contribution in [0.3, 0.4) is 0 Å². The number of nitrogens with zero attached hydrogens (tertiary/aromatic N) is 2. The predicted molar refractivity (Wildman–Crippen MR) is 125 cm³/mol. The number of nitrogens with one attached hydrogen (secondary N) is 1. The number of carbonyl (C=O) groups is 1. The summed E-state index contributed by atoms with van der Waals surface area (Å²) in [5.41, 5.74) is 3.55. The minimum absolute atomic E-state index is 0.0370. The van der Waals surface area contributed by atoms with Crippen LogP contribution in [-0.4, -0.2) is 31.4 Å². The van der Waals surface area contributed by atoms with Crippen molar-refractivity contribution in [3.05, 3.63) is 99.2 Å². The molecule has 0 radical (unpaired) electrons. The van der Waals surface area contributed by atoms with E-state index in [0.717, 1.165) is 8.78 Å². The van der Waals surface area contributed by atoms with Crippen molar-refractivity contribution in [1.29, 1.82) is 0 Å². The molecule has 0 spiro atoms. The fourth-order valence-electron chi connectivity index (χ4n) is 2.70. The molecule has 3 rings (SSSR count). The number of amides is 1. The van der Waals surface area contributed by atoms with E-state index in [1.807, 2.05) is 0 Å². The van der Waals surface area contributed by atoms with E-state index in [0.29, 0.717) is 16.1 Å². The third-order valence-electron chi connectivity index (χ3n) is 4.32. The molecule has 0 aliphatic rings. The normalized spacial score (nSPS) is 11.8. The maximum absolute atomic E-state index is 13.2. The van der Waals surface area contributed by atoms with Crippen molar-refractivity contribution < 1.29 is 17.6 Å². The summed E-state index contributed by atoms with van der Waals surface area (Å²) in [7, 11) is -3.98. The van der Waals surface area contributed by atoms with Gasteiger partial charge in [-0.1, -0.05) is 51.8 Å². The molecule has 0 heterocycles. The van der Waals surface area contributed by atoms with E-state index in [1.165, 1.54) is 42.6 Å². The van der Waals surface area contributed by atoms with Crippen LogP contribution in [0.2, 0.25) is 5.02 Å². The van der Waals surface area contributed by atoms with Crippen molar-refractivity contribution >= 4 is 49.7 Å². The van der Waals surface area contributed by atoms with Crippen molar-refractivity contribution in [3.63, 3.8) is 0 Å². The van der Waals surface area contributed by atoms with Crippen LogP contribution in [0, 0.1) is 5.82 Å². The Hall–Kier alpha value is -2.59. The summed E-state index contributed by atoms with van der Waals surface area (Å²) in [5.74, 6) is -1.01. The largest absolute Gasteiger partial charge is 0.272 e. The topological polar surface area (TPSA) is 78.8 Å². The quantitative estimate of drug-likeness (QED) is 0.337. The molecule has 32 heavy (non-hydrogen) atoms. The van der Waals surface area contributed by atoms with E-state index in [4.69, 9.17) is 11.6 Å². The van der Waals surface area contributed by atoms with Gasteiger partial charge in [-0.15, -0.1) is 0 Å². The molecule has 3 aromatic carbocycles. The van der Waals surface area contributed by atoms with Crippen LogP contribution in [0.5, 0.6) is 0 Å². The Kier molecular flexibility index (Phi) is 8.14. The molecule has 0 saturated carbocycles. The Morgan fingerprint density at radius 3 is 2.28 bits per heavy atom. The van der Waals surface area contributed by atoms with E-state index in [1.54, 1.807) is 36.4 Å². The van der Waals surface area contributed by atoms with E-state index < -0.39 is 22.5 Å². The lowest BCUT2D eigenvalue weighted by Gasteiger charge is -2.21. The van der Waals surface area contributed by atoms with Gasteiger partial charge in [-0.25, -0.2) is 18.2 Å². The monoisotopic (exact) mass is 537 g/mol. The molecule has 0 unspecified atom stereocenters. The number of hydrazone groups is 1. The predicted octanol–water partition coefficient (Wildman–Crippen LogP) is 4.58. The molecule has 0 saturated heterocycles. The van der Waals surface area contributed by atoms with Crippen LogP contribution < -0.4 is 5.43 Å². The SMILES string of the molecule is O=C(CN(Cc1ccc(Cl)cc1)S(=O)(=O)c1ccc(Br)cc1)N/N=C\c1ccc(F)cc1. The van der Waals surface area contributed by atoms with Gasteiger partial charge < -0.3 is 0 Å². The summed E-state index contributed by atoms with van der Waals surface area (Å²) in [6.07, 6.45) is 1.34. The van der Waals surface area contributed by atoms with Gasteiger partial charge in [-0.2, -0.15) is 9.41 Å². The number of sulfonamides is 1. The summed E-state index contributed by atoms with van der Waals surface area (Å²) < 4.78 is 41.2. The van der Waals surface area contributed by atoms with Gasteiger partial charge in [0.25, 0.3) is 5.91 Å². The first-order valence-electron chi connectivity index (χ1n) is 9.32. The summed E-state index contributed by atoms with van der Waals surface area (Å²) in [6.45, 7) is -0.494. The first-order valence-corrected chi connectivity index (χ1v) is 11.9. The molecule has 0 aromatic heterocycles. The van der Waals surface area contributed by atoms with Gasteiger partial charge in [0.05, 0.1) is 17.7 Å². The van der Waals surface area contributed by atoms with Crippen molar-refractivity contribution in [2.24, 2.45) is 5.10 Å². The molecule has 0 atom stereocenters. The van der Waals surface area contributed by atoms with Crippen LogP contribution in [0.4, 0.5) is 4.39 Å². The van der Waals surface area contributed by atoms with Gasteiger partial charge in [0.1, 0.15) is 5.82 Å². The zero-order valence-electron chi connectivity index (χ0n) is 16.6. The van der Waals surface area contributed by atoms with E-state index >= 15 is 0 Å². The Morgan fingerprint density at radius 1 is 1.03 bits per heavy atom. The highest BCUT2D eigenvalue weighted by Crippen LogP contribution is 2.21. The number of hydrogen-bond donors (Lipinski definition) is 1. The second-order valence-corrected chi connectivity index (χ2v) is 9.99. The number of rotatable bonds is 8. The van der Waals surface area contributed by atoms with Crippen LogP contribution in [-0.2, 0) is 21.4 Å². The van der Waals surface area contributed by atoms with E-state index in [9.17, 15) is 17.6 Å². The van der Waals surface area contributed by atoms with Gasteiger partial charge in [0, 0.05) is 16.0 Å². The highest BCUT2D eigenvalue weighted by atomic mass is 79.9. The fourth-order valence-corrected chi connectivity index (χ4v) is 4.47. The maximum atomic E-state index is 13.2. The molecule has 0 bridgehead atoms. The first-order chi connectivity index (χ1) is 15.2. The Labute approximate surface area is 198 Å². The number of halogens is 3. The molecule has 166 valence electrons. The lowest BCUT2D eigenvalue weighted by atomic mass is 10.2. The van der Waals surface area contributed by atoms with Crippen LogP contribution in [0.25, 0.3) is 0 Å². The molecule has 1 amide bonds. The second-order valence-electron chi connectivity index (χ2n) is 6.70. The van der Waals surface area contributed by atoms with Crippen LogP contribution in [0.15, 0.2) is 87.3 Å². The third-order valence-corrected chi connectivity index (χ3v) is 6.90. The van der Waals surface area contributed by atoms with E-state index in [2.05, 4.69) is 26.5 Å². The van der Waals surface area contributed by atoms with Gasteiger partial charge >= 0.3 is 0 Å². The third kappa shape index (κ3) is 6.70. The molecule has 0 aliphatic heterocycles. The molecule has 1 N–H and O–H groups in total. The highest BCUT2D eigenvalue weighted by Gasteiger charge is 2.27. The van der Waals surface area contributed by atoms with E-state index in [-0.39, 0.29) is 17.3 Å². The summed E-state index contributed by atoms with van der Waals surface area (Å²) in [5, 5.41) is 4.33. The van der Waals surface area contributed by atoms with Gasteiger partial charge in [0.15, 0.2) is 0 Å². The molecule has 3 aromatic rings. The zero-order chi connectivity index (χ0) is 23.1. The van der Waals surface area contributed by atoms with Gasteiger partial charge in [-0.3, -0.25) is 4.79 Å². The molecule has 0 fully saturated rings. The molecule has 0 aliphatic carbocycles. The molecule has 10 heteroatoms. The van der Waals surface area contributed by atoms with Crippen molar-refractivity contribution in [2.75, 3.05) is 6.54 Å². The smallest absolute Gasteiger partial charge is 0.255 e.